The number of Topliss-reactive ketones (excluding diaryl/α,β-unsaturated/α-hetero) is 1. The molecule has 0 unspecified atom stereocenters. The van der Waals surface area contributed by atoms with Gasteiger partial charge in [-0.25, -0.2) is 0 Å². The SMILES string of the molecule is C/C=C\C1=C(/C=C\C)c2ccccc2C1=O. The molecule has 1 aromatic carbocycles. The first kappa shape index (κ1) is 10.6. The predicted molar refractivity (Wildman–Crippen MR) is 67.3 cm³/mol. The fourth-order valence-electron chi connectivity index (χ4n) is 2.01. The summed E-state index contributed by atoms with van der Waals surface area (Å²) in [5.74, 6) is 0.127. The van der Waals surface area contributed by atoms with Crippen LogP contribution in [-0.2, 0) is 0 Å². The molecule has 0 saturated carbocycles. The molecule has 0 aliphatic heterocycles. The minimum absolute atomic E-state index is 0.127. The van der Waals surface area contributed by atoms with Crippen LogP contribution < -0.4 is 0 Å². The third kappa shape index (κ3) is 1.54. The number of benzene rings is 1. The van der Waals surface area contributed by atoms with E-state index in [1.165, 1.54) is 0 Å². The molecule has 1 aromatic rings. The van der Waals surface area contributed by atoms with Crippen LogP contribution in [0.3, 0.4) is 0 Å². The van der Waals surface area contributed by atoms with Crippen molar-refractivity contribution in [2.75, 3.05) is 0 Å². The maximum absolute atomic E-state index is 12.1. The third-order valence-electron chi connectivity index (χ3n) is 2.66. The number of carbonyl (C=O) groups excluding carboxylic acids is 1. The zero-order chi connectivity index (χ0) is 11.5. The predicted octanol–water partition coefficient (Wildman–Crippen LogP) is 3.79. The van der Waals surface area contributed by atoms with Crippen LogP contribution >= 0.6 is 0 Å². The van der Waals surface area contributed by atoms with Crippen molar-refractivity contribution in [1.29, 1.82) is 0 Å². The lowest BCUT2D eigenvalue weighted by molar-refractivity contribution is 0.104. The van der Waals surface area contributed by atoms with E-state index in [1.54, 1.807) is 0 Å². The summed E-state index contributed by atoms with van der Waals surface area (Å²) in [6.45, 7) is 3.89. The lowest BCUT2D eigenvalue weighted by Gasteiger charge is -1.98. The van der Waals surface area contributed by atoms with Crippen LogP contribution in [0.2, 0.25) is 0 Å². The molecule has 0 fully saturated rings. The number of allylic oxidation sites excluding steroid dienone is 6. The first-order chi connectivity index (χ1) is 7.79. The van der Waals surface area contributed by atoms with E-state index in [9.17, 15) is 4.79 Å². The van der Waals surface area contributed by atoms with E-state index in [0.717, 1.165) is 22.3 Å². The van der Waals surface area contributed by atoms with E-state index in [-0.39, 0.29) is 5.78 Å². The Hall–Kier alpha value is -1.89. The molecular weight excluding hydrogens is 196 g/mol. The van der Waals surface area contributed by atoms with Crippen molar-refractivity contribution < 1.29 is 4.79 Å². The lowest BCUT2D eigenvalue weighted by atomic mass is 10.1. The first-order valence-corrected chi connectivity index (χ1v) is 5.43. The van der Waals surface area contributed by atoms with Gasteiger partial charge in [-0.1, -0.05) is 48.6 Å². The van der Waals surface area contributed by atoms with Crippen molar-refractivity contribution in [2.45, 2.75) is 13.8 Å². The zero-order valence-corrected chi connectivity index (χ0v) is 9.53. The highest BCUT2D eigenvalue weighted by Crippen LogP contribution is 2.34. The Morgan fingerprint density at radius 2 is 1.44 bits per heavy atom. The third-order valence-corrected chi connectivity index (χ3v) is 2.66. The molecule has 0 N–H and O–H groups in total. The van der Waals surface area contributed by atoms with Crippen molar-refractivity contribution >= 4 is 11.4 Å². The van der Waals surface area contributed by atoms with E-state index in [4.69, 9.17) is 0 Å². The second kappa shape index (κ2) is 4.31. The maximum Gasteiger partial charge on any atom is 0.194 e. The number of ketones is 1. The fraction of sp³-hybridized carbons (Fsp3) is 0.133. The van der Waals surface area contributed by atoms with Gasteiger partial charge in [-0.3, -0.25) is 4.79 Å². The number of carbonyl (C=O) groups is 1. The first-order valence-electron chi connectivity index (χ1n) is 5.43. The van der Waals surface area contributed by atoms with Crippen LogP contribution in [0.4, 0.5) is 0 Å². The summed E-state index contributed by atoms with van der Waals surface area (Å²) in [5.41, 5.74) is 3.67. The second-order valence-electron chi connectivity index (χ2n) is 3.70. The van der Waals surface area contributed by atoms with Gasteiger partial charge in [0, 0.05) is 11.1 Å². The molecular formula is C15H14O. The highest BCUT2D eigenvalue weighted by atomic mass is 16.1. The molecule has 1 aliphatic carbocycles. The molecule has 0 heterocycles. The summed E-state index contributed by atoms with van der Waals surface area (Å²) in [7, 11) is 0. The molecule has 16 heavy (non-hydrogen) atoms. The average Bonchev–Trinajstić information content (AvgIpc) is 2.57. The summed E-state index contributed by atoms with van der Waals surface area (Å²) in [4.78, 5) is 12.1. The molecule has 80 valence electrons. The van der Waals surface area contributed by atoms with Gasteiger partial charge >= 0.3 is 0 Å². The Morgan fingerprint density at radius 1 is 0.875 bits per heavy atom. The zero-order valence-electron chi connectivity index (χ0n) is 9.53. The van der Waals surface area contributed by atoms with Crippen molar-refractivity contribution in [1.82, 2.24) is 0 Å². The Bertz CT molecular complexity index is 516. The molecule has 0 aromatic heterocycles. The van der Waals surface area contributed by atoms with Crippen LogP contribution in [0, 0.1) is 0 Å². The summed E-state index contributed by atoms with van der Waals surface area (Å²) < 4.78 is 0. The number of rotatable bonds is 2. The minimum atomic E-state index is 0.127. The quantitative estimate of drug-likeness (QED) is 0.725. The van der Waals surface area contributed by atoms with Crippen LogP contribution in [0.15, 0.2) is 54.1 Å². The van der Waals surface area contributed by atoms with Crippen LogP contribution in [-0.4, -0.2) is 5.78 Å². The minimum Gasteiger partial charge on any atom is -0.289 e. The molecule has 1 aliphatic rings. The van der Waals surface area contributed by atoms with E-state index >= 15 is 0 Å². The van der Waals surface area contributed by atoms with Crippen molar-refractivity contribution in [3.63, 3.8) is 0 Å². The lowest BCUT2D eigenvalue weighted by Crippen LogP contribution is -1.95. The summed E-state index contributed by atoms with van der Waals surface area (Å²) in [5, 5.41) is 0. The Labute approximate surface area is 95.8 Å². The van der Waals surface area contributed by atoms with Crippen molar-refractivity contribution in [3.05, 3.63) is 65.3 Å². The van der Waals surface area contributed by atoms with Gasteiger partial charge in [-0.15, -0.1) is 0 Å². The molecule has 2 rings (SSSR count). The Balaban J connectivity index is 2.67. The Kier molecular flexibility index (Phi) is 2.86. The van der Waals surface area contributed by atoms with Gasteiger partial charge in [0.2, 0.25) is 0 Å². The number of hydrogen-bond donors (Lipinski definition) is 0. The molecule has 1 heteroatoms. The molecule has 0 atom stereocenters. The van der Waals surface area contributed by atoms with Gasteiger partial charge < -0.3 is 0 Å². The largest absolute Gasteiger partial charge is 0.289 e. The highest BCUT2D eigenvalue weighted by Gasteiger charge is 2.25. The second-order valence-corrected chi connectivity index (χ2v) is 3.70. The standard InChI is InChI=1S/C15H14O/c1-3-7-11-12-9-5-6-10-14(12)15(16)13(11)8-4-2/h3-10H,1-2H3/b7-3-,8-4-. The molecule has 1 nitrogen and oxygen atoms in total. The van der Waals surface area contributed by atoms with Gasteiger partial charge in [0.1, 0.15) is 0 Å². The van der Waals surface area contributed by atoms with E-state index in [2.05, 4.69) is 0 Å². The van der Waals surface area contributed by atoms with Gasteiger partial charge in [0.05, 0.1) is 0 Å². The average molecular weight is 210 g/mol. The van der Waals surface area contributed by atoms with E-state index in [0.29, 0.717) is 0 Å². The monoisotopic (exact) mass is 210 g/mol. The van der Waals surface area contributed by atoms with Gasteiger partial charge in [0.25, 0.3) is 0 Å². The summed E-state index contributed by atoms with van der Waals surface area (Å²) in [6.07, 6.45) is 7.76. The smallest absolute Gasteiger partial charge is 0.194 e. The molecule has 0 amide bonds. The molecule has 0 saturated heterocycles. The van der Waals surface area contributed by atoms with E-state index < -0.39 is 0 Å². The highest BCUT2D eigenvalue weighted by molar-refractivity contribution is 6.23. The molecule has 0 bridgehead atoms. The van der Waals surface area contributed by atoms with Gasteiger partial charge in [-0.2, -0.15) is 0 Å². The van der Waals surface area contributed by atoms with Crippen LogP contribution in [0.5, 0.6) is 0 Å². The summed E-state index contributed by atoms with van der Waals surface area (Å²) >= 11 is 0. The van der Waals surface area contributed by atoms with Crippen LogP contribution in [0.1, 0.15) is 29.8 Å². The van der Waals surface area contributed by atoms with Crippen LogP contribution in [0.25, 0.3) is 5.57 Å². The Morgan fingerprint density at radius 3 is 2.06 bits per heavy atom. The fourth-order valence-corrected chi connectivity index (χ4v) is 2.01. The molecule has 0 radical (unpaired) electrons. The number of hydrogen-bond acceptors (Lipinski definition) is 1. The van der Waals surface area contributed by atoms with Gasteiger partial charge in [-0.05, 0) is 25.0 Å². The van der Waals surface area contributed by atoms with Crippen molar-refractivity contribution in [3.8, 4) is 0 Å². The number of fused-ring (bicyclic) bond motifs is 1. The molecule has 0 spiro atoms. The van der Waals surface area contributed by atoms with Crippen molar-refractivity contribution in [2.24, 2.45) is 0 Å². The topological polar surface area (TPSA) is 17.1 Å². The summed E-state index contributed by atoms with van der Waals surface area (Å²) in [6, 6.07) is 7.76. The normalized spacial score (nSPS) is 15.5. The van der Waals surface area contributed by atoms with E-state index in [1.807, 2.05) is 62.4 Å². The maximum atomic E-state index is 12.1. The van der Waals surface area contributed by atoms with Gasteiger partial charge in [0.15, 0.2) is 5.78 Å².